The zero-order valence-electron chi connectivity index (χ0n) is 38.4. The number of allylic oxidation sites excluding steroid dienone is 16. The van der Waals surface area contributed by atoms with Crippen LogP contribution in [0.25, 0.3) is 0 Å². The number of likely N-dealkylation sites (N-methyl/N-ethyl adjacent to an activating group) is 1. The first-order valence-corrected chi connectivity index (χ1v) is 24.4. The summed E-state index contributed by atoms with van der Waals surface area (Å²) in [6.07, 6.45) is 54.4. The second kappa shape index (κ2) is 41.3. The first kappa shape index (κ1) is 56.9. The normalized spacial score (nSPS) is 14.4. The van der Waals surface area contributed by atoms with Gasteiger partial charge in [0.05, 0.1) is 27.7 Å². The van der Waals surface area contributed by atoms with Gasteiger partial charge in [-0.3, -0.25) is 14.2 Å². The Labute approximate surface area is 366 Å². The van der Waals surface area contributed by atoms with Crippen molar-refractivity contribution >= 4 is 19.8 Å². The zero-order chi connectivity index (χ0) is 44.3. The standard InChI is InChI=1S/C50H84NO8P/c1-6-8-10-12-14-16-18-19-20-21-22-23-24-25-26-27-28-29-30-31-33-35-37-39-41-43-50(53)59-48(47-58-60(54,55)57-45-44-51(3,4)5)46-56-49(52)42-40-38-36-34-32-17-15-13-11-9-7-2/h8,10,13-16,19-20,22-23,25-26,28-29,31,33,48H,6-7,9,11-12,17-18,21,24,27,30,32,34-47H2,1-5H3/b10-8-,15-13-,16-14-,20-19-,23-22-,26-25-,29-28-,33-31-. The smallest absolute Gasteiger partial charge is 0.306 e. The molecule has 10 heteroatoms. The molecule has 342 valence electrons. The number of carbonyl (C=O) groups excluding carboxylic acids is 2. The average Bonchev–Trinajstić information content (AvgIpc) is 3.20. The van der Waals surface area contributed by atoms with Crippen LogP contribution in [0.5, 0.6) is 0 Å². The highest BCUT2D eigenvalue weighted by molar-refractivity contribution is 7.45. The highest BCUT2D eigenvalue weighted by Crippen LogP contribution is 2.38. The highest BCUT2D eigenvalue weighted by atomic mass is 31.2. The second-order valence-corrected chi connectivity index (χ2v) is 17.4. The molecule has 60 heavy (non-hydrogen) atoms. The molecule has 9 nitrogen and oxygen atoms in total. The molecule has 0 N–H and O–H groups in total. The molecule has 0 bridgehead atoms. The molecule has 0 saturated heterocycles. The Hall–Kier alpha value is -3.07. The number of phosphoric acid groups is 1. The summed E-state index contributed by atoms with van der Waals surface area (Å²) in [5.41, 5.74) is 0. The van der Waals surface area contributed by atoms with Crippen molar-refractivity contribution in [1.82, 2.24) is 0 Å². The van der Waals surface area contributed by atoms with Crippen LogP contribution in [-0.2, 0) is 32.7 Å². The number of nitrogens with zero attached hydrogens (tertiary/aromatic N) is 1. The fourth-order valence-corrected chi connectivity index (χ4v) is 6.22. The fraction of sp³-hybridized carbons (Fsp3) is 0.640. The van der Waals surface area contributed by atoms with Crippen molar-refractivity contribution in [2.24, 2.45) is 0 Å². The predicted molar refractivity (Wildman–Crippen MR) is 249 cm³/mol. The number of rotatable bonds is 40. The van der Waals surface area contributed by atoms with Crippen molar-refractivity contribution in [2.45, 2.75) is 161 Å². The largest absolute Gasteiger partial charge is 0.756 e. The van der Waals surface area contributed by atoms with Crippen molar-refractivity contribution in [3.05, 3.63) is 97.2 Å². The van der Waals surface area contributed by atoms with Gasteiger partial charge in [0.25, 0.3) is 7.82 Å². The Morgan fingerprint density at radius 3 is 1.45 bits per heavy atom. The molecule has 0 radical (unpaired) electrons. The molecule has 0 aromatic rings. The van der Waals surface area contributed by atoms with Crippen molar-refractivity contribution < 1.29 is 42.1 Å². The third-order valence-corrected chi connectivity index (χ3v) is 10.1. The number of hydrogen-bond donors (Lipinski definition) is 0. The van der Waals surface area contributed by atoms with Crippen LogP contribution in [-0.4, -0.2) is 70.0 Å². The number of hydrogen-bond acceptors (Lipinski definition) is 8. The van der Waals surface area contributed by atoms with Crippen LogP contribution < -0.4 is 4.89 Å². The monoisotopic (exact) mass is 858 g/mol. The minimum Gasteiger partial charge on any atom is -0.756 e. The van der Waals surface area contributed by atoms with E-state index in [1.54, 1.807) is 0 Å². The predicted octanol–water partition coefficient (Wildman–Crippen LogP) is 12.7. The van der Waals surface area contributed by atoms with E-state index in [4.69, 9.17) is 18.5 Å². The maximum absolute atomic E-state index is 12.7. The van der Waals surface area contributed by atoms with Gasteiger partial charge in [-0.1, -0.05) is 150 Å². The summed E-state index contributed by atoms with van der Waals surface area (Å²) in [6, 6.07) is 0. The van der Waals surface area contributed by atoms with Gasteiger partial charge in [0.1, 0.15) is 19.8 Å². The maximum atomic E-state index is 12.7. The summed E-state index contributed by atoms with van der Waals surface area (Å²) >= 11 is 0. The number of phosphoric ester groups is 1. The fourth-order valence-electron chi connectivity index (χ4n) is 5.50. The van der Waals surface area contributed by atoms with Crippen molar-refractivity contribution in [2.75, 3.05) is 47.5 Å². The first-order valence-electron chi connectivity index (χ1n) is 22.9. The van der Waals surface area contributed by atoms with Gasteiger partial charge in [-0.05, 0) is 89.9 Å². The molecule has 0 saturated carbocycles. The molecule has 2 unspecified atom stereocenters. The minimum absolute atomic E-state index is 0.0446. The summed E-state index contributed by atoms with van der Waals surface area (Å²) in [4.78, 5) is 37.5. The summed E-state index contributed by atoms with van der Waals surface area (Å²) < 4.78 is 33.8. The van der Waals surface area contributed by atoms with Gasteiger partial charge in [-0.2, -0.15) is 0 Å². The van der Waals surface area contributed by atoms with Crippen LogP contribution in [0.15, 0.2) is 97.2 Å². The van der Waals surface area contributed by atoms with E-state index in [9.17, 15) is 19.0 Å². The van der Waals surface area contributed by atoms with E-state index in [0.717, 1.165) is 103 Å². The average molecular weight is 858 g/mol. The minimum atomic E-state index is -4.64. The first-order chi connectivity index (χ1) is 29.0. The molecule has 2 atom stereocenters. The molecule has 0 fully saturated rings. The summed E-state index contributed by atoms with van der Waals surface area (Å²) in [6.45, 7) is 3.99. The topological polar surface area (TPSA) is 111 Å². The Kier molecular flexibility index (Phi) is 39.2. The summed E-state index contributed by atoms with van der Waals surface area (Å²) in [7, 11) is 1.12. The lowest BCUT2D eigenvalue weighted by atomic mass is 10.1. The van der Waals surface area contributed by atoms with E-state index >= 15 is 0 Å². The molecule has 0 amide bonds. The second-order valence-electron chi connectivity index (χ2n) is 16.0. The Morgan fingerprint density at radius 2 is 0.950 bits per heavy atom. The van der Waals surface area contributed by atoms with E-state index in [1.165, 1.54) is 12.8 Å². The van der Waals surface area contributed by atoms with Crippen LogP contribution in [0.1, 0.15) is 155 Å². The van der Waals surface area contributed by atoms with Crippen LogP contribution in [0.2, 0.25) is 0 Å². The third-order valence-electron chi connectivity index (χ3n) is 9.09. The van der Waals surface area contributed by atoms with Gasteiger partial charge in [-0.25, -0.2) is 0 Å². The Bertz CT molecular complexity index is 1340. The molecule has 0 aromatic heterocycles. The molecule has 0 spiro atoms. The number of carbonyl (C=O) groups is 2. The van der Waals surface area contributed by atoms with Crippen LogP contribution in [0, 0.1) is 0 Å². The number of unbranched alkanes of at least 4 members (excludes halogenated alkanes) is 10. The third kappa shape index (κ3) is 44.5. The van der Waals surface area contributed by atoms with Gasteiger partial charge in [0.15, 0.2) is 6.10 Å². The maximum Gasteiger partial charge on any atom is 0.306 e. The molecule has 0 heterocycles. The summed E-state index contributed by atoms with van der Waals surface area (Å²) in [5, 5.41) is 0. The van der Waals surface area contributed by atoms with E-state index in [1.807, 2.05) is 21.1 Å². The van der Waals surface area contributed by atoms with E-state index in [2.05, 4.69) is 111 Å². The van der Waals surface area contributed by atoms with Crippen LogP contribution >= 0.6 is 7.82 Å². The van der Waals surface area contributed by atoms with Crippen molar-refractivity contribution in [3.8, 4) is 0 Å². The van der Waals surface area contributed by atoms with Gasteiger partial charge >= 0.3 is 11.9 Å². The van der Waals surface area contributed by atoms with Crippen molar-refractivity contribution in [3.63, 3.8) is 0 Å². The molecular weight excluding hydrogens is 774 g/mol. The molecule has 0 aliphatic rings. The van der Waals surface area contributed by atoms with Crippen LogP contribution in [0.3, 0.4) is 0 Å². The molecule has 0 aliphatic carbocycles. The molecular formula is C50H84NO8P. The number of esters is 2. The Morgan fingerprint density at radius 1 is 0.533 bits per heavy atom. The number of ether oxygens (including phenoxy) is 2. The van der Waals surface area contributed by atoms with E-state index in [-0.39, 0.29) is 26.1 Å². The number of quaternary nitrogens is 1. The van der Waals surface area contributed by atoms with E-state index < -0.39 is 32.5 Å². The summed E-state index contributed by atoms with van der Waals surface area (Å²) in [5.74, 6) is -0.895. The van der Waals surface area contributed by atoms with Crippen molar-refractivity contribution in [1.29, 1.82) is 0 Å². The lowest BCUT2D eigenvalue weighted by molar-refractivity contribution is -0.870. The molecule has 0 rings (SSSR count). The van der Waals surface area contributed by atoms with Gasteiger partial charge in [0.2, 0.25) is 0 Å². The zero-order valence-corrected chi connectivity index (χ0v) is 39.3. The molecule has 0 aromatic carbocycles. The molecule has 0 aliphatic heterocycles. The van der Waals surface area contributed by atoms with E-state index in [0.29, 0.717) is 23.9 Å². The quantitative estimate of drug-likeness (QED) is 0.0197. The highest BCUT2D eigenvalue weighted by Gasteiger charge is 2.21. The Balaban J connectivity index is 4.39. The lowest BCUT2D eigenvalue weighted by Crippen LogP contribution is -2.37. The lowest BCUT2D eigenvalue weighted by Gasteiger charge is -2.28. The SMILES string of the molecule is CC/C=C\C/C=C\C/C=C\C/C=C\C/C=C\C/C=C\C/C=C\CCCCCC(=O)OC(COC(=O)CCCCCCC/C=C\CCCC)COP(=O)([O-])OCC[N+](C)(C)C. The van der Waals surface area contributed by atoms with Gasteiger partial charge in [0, 0.05) is 12.8 Å². The van der Waals surface area contributed by atoms with Gasteiger partial charge < -0.3 is 27.9 Å². The van der Waals surface area contributed by atoms with Crippen LogP contribution in [0.4, 0.5) is 0 Å². The van der Waals surface area contributed by atoms with Gasteiger partial charge in [-0.15, -0.1) is 0 Å².